The van der Waals surface area contributed by atoms with E-state index in [1.54, 1.807) is 11.2 Å². The van der Waals surface area contributed by atoms with Crippen molar-refractivity contribution in [1.82, 2.24) is 9.99 Å². The lowest BCUT2D eigenvalue weighted by Crippen LogP contribution is -2.21. The van der Waals surface area contributed by atoms with Gasteiger partial charge in [-0.3, -0.25) is 0 Å². The molecule has 0 saturated carbocycles. The maximum absolute atomic E-state index is 5.72. The van der Waals surface area contributed by atoms with E-state index in [-0.39, 0.29) is 0 Å². The van der Waals surface area contributed by atoms with Crippen molar-refractivity contribution in [1.29, 1.82) is 0 Å². The van der Waals surface area contributed by atoms with Gasteiger partial charge in [0.1, 0.15) is 0 Å². The van der Waals surface area contributed by atoms with Gasteiger partial charge in [-0.25, -0.2) is 9.99 Å². The van der Waals surface area contributed by atoms with Crippen LogP contribution in [0.5, 0.6) is 0 Å². The van der Waals surface area contributed by atoms with Crippen LogP contribution in [0.15, 0.2) is 12.3 Å². The van der Waals surface area contributed by atoms with Crippen LogP contribution in [-0.2, 0) is 0 Å². The number of rotatable bonds is 2. The van der Waals surface area contributed by atoms with Crippen molar-refractivity contribution in [2.24, 2.45) is 0 Å². The summed E-state index contributed by atoms with van der Waals surface area (Å²) in [6.07, 6.45) is 1.78. The van der Waals surface area contributed by atoms with Crippen LogP contribution in [-0.4, -0.2) is 24.1 Å². The Kier molecular flexibility index (Phi) is 2.50. The van der Waals surface area contributed by atoms with E-state index in [4.69, 9.17) is 5.73 Å². The number of nitrogens with zero attached hydrogens (tertiary/aromatic N) is 2. The first-order valence-corrected chi connectivity index (χ1v) is 3.75. The molecule has 12 heavy (non-hydrogen) atoms. The van der Waals surface area contributed by atoms with Crippen LogP contribution in [0.1, 0.15) is 5.56 Å². The summed E-state index contributed by atoms with van der Waals surface area (Å²) >= 11 is 0. The van der Waals surface area contributed by atoms with Gasteiger partial charge in [-0.15, -0.1) is 0 Å². The van der Waals surface area contributed by atoms with Crippen molar-refractivity contribution in [2.75, 3.05) is 25.3 Å². The minimum atomic E-state index is 0.670. The average molecular weight is 166 g/mol. The number of hydrazine groups is 1. The Labute approximate surface area is 72.4 Å². The van der Waals surface area contributed by atoms with Crippen LogP contribution < -0.4 is 11.2 Å². The number of pyridine rings is 1. The van der Waals surface area contributed by atoms with Crippen LogP contribution in [0, 0.1) is 6.92 Å². The molecule has 0 bridgehead atoms. The number of aromatic nitrogens is 1. The van der Waals surface area contributed by atoms with E-state index in [2.05, 4.69) is 10.4 Å². The van der Waals surface area contributed by atoms with Gasteiger partial charge in [-0.1, -0.05) is 0 Å². The summed E-state index contributed by atoms with van der Waals surface area (Å²) in [5.74, 6) is 0.700. The Morgan fingerprint density at radius 3 is 2.67 bits per heavy atom. The topological polar surface area (TPSA) is 54.2 Å². The van der Waals surface area contributed by atoms with E-state index in [0.717, 1.165) is 5.56 Å². The minimum absolute atomic E-state index is 0.670. The van der Waals surface area contributed by atoms with E-state index in [1.807, 2.05) is 27.1 Å². The third-order valence-electron chi connectivity index (χ3n) is 1.38. The van der Waals surface area contributed by atoms with Crippen LogP contribution in [0.3, 0.4) is 0 Å². The molecule has 0 aromatic carbocycles. The molecule has 4 nitrogen and oxygen atoms in total. The molecule has 3 N–H and O–H groups in total. The highest BCUT2D eigenvalue weighted by molar-refractivity contribution is 5.60. The van der Waals surface area contributed by atoms with Gasteiger partial charge in [0.2, 0.25) is 0 Å². The summed E-state index contributed by atoms with van der Waals surface area (Å²) in [5, 5.41) is 1.80. The SMILES string of the molecule is Cc1cnc(NN(C)C)c(N)c1. The summed E-state index contributed by atoms with van der Waals surface area (Å²) in [7, 11) is 3.78. The monoisotopic (exact) mass is 166 g/mol. The highest BCUT2D eigenvalue weighted by Gasteiger charge is 1.99. The molecule has 1 heterocycles. The quantitative estimate of drug-likeness (QED) is 0.640. The van der Waals surface area contributed by atoms with Crippen LogP contribution in [0.25, 0.3) is 0 Å². The predicted molar refractivity (Wildman–Crippen MR) is 50.7 cm³/mol. The molecular weight excluding hydrogens is 152 g/mol. The van der Waals surface area contributed by atoms with Crippen molar-refractivity contribution < 1.29 is 0 Å². The zero-order valence-corrected chi connectivity index (χ0v) is 7.63. The number of anilines is 2. The van der Waals surface area contributed by atoms with Gasteiger partial charge in [-0.05, 0) is 18.6 Å². The first kappa shape index (κ1) is 8.80. The second kappa shape index (κ2) is 3.40. The standard InChI is InChI=1S/C8H14N4/c1-6-4-7(9)8(10-5-6)11-12(2)3/h4-5H,9H2,1-3H3,(H,10,11). The normalized spacial score (nSPS) is 10.3. The molecule has 0 spiro atoms. The molecule has 0 fully saturated rings. The second-order valence-electron chi connectivity index (χ2n) is 2.96. The third kappa shape index (κ3) is 2.10. The molecule has 0 unspecified atom stereocenters. The van der Waals surface area contributed by atoms with Crippen LogP contribution in [0.2, 0.25) is 0 Å². The number of nitrogens with one attached hydrogen (secondary N) is 1. The highest BCUT2D eigenvalue weighted by Crippen LogP contribution is 2.15. The molecule has 0 amide bonds. The molecular formula is C8H14N4. The number of nitrogens with two attached hydrogens (primary N) is 1. The Morgan fingerprint density at radius 1 is 1.50 bits per heavy atom. The fraction of sp³-hybridized carbons (Fsp3) is 0.375. The summed E-state index contributed by atoms with van der Waals surface area (Å²) in [6, 6.07) is 1.89. The van der Waals surface area contributed by atoms with Crippen molar-refractivity contribution in [3.63, 3.8) is 0 Å². The zero-order valence-electron chi connectivity index (χ0n) is 7.63. The Morgan fingerprint density at radius 2 is 2.17 bits per heavy atom. The molecule has 0 radical (unpaired) electrons. The number of aryl methyl sites for hydroxylation is 1. The molecule has 1 rings (SSSR count). The molecule has 4 heteroatoms. The van der Waals surface area contributed by atoms with Gasteiger partial charge in [0, 0.05) is 20.3 Å². The lowest BCUT2D eigenvalue weighted by atomic mass is 10.3. The maximum Gasteiger partial charge on any atom is 0.163 e. The van der Waals surface area contributed by atoms with E-state index >= 15 is 0 Å². The predicted octanol–water partition coefficient (Wildman–Crippen LogP) is 0.861. The third-order valence-corrected chi connectivity index (χ3v) is 1.38. The molecule has 66 valence electrons. The van der Waals surface area contributed by atoms with Gasteiger partial charge < -0.3 is 11.2 Å². The van der Waals surface area contributed by atoms with Gasteiger partial charge in [0.25, 0.3) is 0 Å². The average Bonchev–Trinajstić information content (AvgIpc) is 1.94. The van der Waals surface area contributed by atoms with Gasteiger partial charge in [-0.2, -0.15) is 0 Å². The van der Waals surface area contributed by atoms with Crippen molar-refractivity contribution in [3.05, 3.63) is 17.8 Å². The lowest BCUT2D eigenvalue weighted by Gasteiger charge is -2.14. The lowest BCUT2D eigenvalue weighted by molar-refractivity contribution is 0.493. The van der Waals surface area contributed by atoms with Crippen molar-refractivity contribution >= 4 is 11.5 Å². The fourth-order valence-corrected chi connectivity index (χ4v) is 0.897. The zero-order chi connectivity index (χ0) is 9.14. The van der Waals surface area contributed by atoms with Gasteiger partial charge in [0.15, 0.2) is 5.82 Å². The Balaban J connectivity index is 2.86. The summed E-state index contributed by atoms with van der Waals surface area (Å²) in [5.41, 5.74) is 10.5. The van der Waals surface area contributed by atoms with E-state index < -0.39 is 0 Å². The summed E-state index contributed by atoms with van der Waals surface area (Å²) in [4.78, 5) is 4.14. The Bertz CT molecular complexity index is 270. The Hall–Kier alpha value is -1.29. The van der Waals surface area contributed by atoms with Crippen molar-refractivity contribution in [2.45, 2.75) is 6.92 Å². The largest absolute Gasteiger partial charge is 0.396 e. The van der Waals surface area contributed by atoms with Crippen LogP contribution in [0.4, 0.5) is 11.5 Å². The minimum Gasteiger partial charge on any atom is -0.396 e. The molecule has 0 aliphatic heterocycles. The highest BCUT2D eigenvalue weighted by atomic mass is 15.5. The first-order chi connectivity index (χ1) is 5.59. The first-order valence-electron chi connectivity index (χ1n) is 3.75. The molecule has 0 saturated heterocycles. The molecule has 0 atom stereocenters. The van der Waals surface area contributed by atoms with Gasteiger partial charge in [0.05, 0.1) is 5.69 Å². The number of hydrogen-bond acceptors (Lipinski definition) is 4. The molecule has 0 aliphatic carbocycles. The van der Waals surface area contributed by atoms with Crippen LogP contribution >= 0.6 is 0 Å². The van der Waals surface area contributed by atoms with E-state index in [0.29, 0.717) is 11.5 Å². The fourth-order valence-electron chi connectivity index (χ4n) is 0.897. The summed E-state index contributed by atoms with van der Waals surface area (Å²) in [6.45, 7) is 1.96. The van der Waals surface area contributed by atoms with E-state index in [9.17, 15) is 0 Å². The second-order valence-corrected chi connectivity index (χ2v) is 2.96. The van der Waals surface area contributed by atoms with Crippen molar-refractivity contribution in [3.8, 4) is 0 Å². The number of hydrogen-bond donors (Lipinski definition) is 2. The molecule has 0 aliphatic rings. The molecule has 1 aromatic heterocycles. The maximum atomic E-state index is 5.72. The summed E-state index contributed by atoms with van der Waals surface area (Å²) < 4.78 is 0. The smallest absolute Gasteiger partial charge is 0.163 e. The molecule has 1 aromatic rings. The number of nitrogen functional groups attached to an aromatic ring is 1. The van der Waals surface area contributed by atoms with E-state index in [1.165, 1.54) is 0 Å². The van der Waals surface area contributed by atoms with Gasteiger partial charge >= 0.3 is 0 Å².